The molecule has 3 aromatic rings. The first-order chi connectivity index (χ1) is 14.8. The van der Waals surface area contributed by atoms with E-state index >= 15 is 0 Å². The second-order valence-corrected chi connectivity index (χ2v) is 9.03. The lowest BCUT2D eigenvalue weighted by atomic mass is 10.0. The van der Waals surface area contributed by atoms with E-state index in [1.54, 1.807) is 29.2 Å². The molecule has 0 aliphatic carbocycles. The van der Waals surface area contributed by atoms with Crippen molar-refractivity contribution < 1.29 is 22.0 Å². The van der Waals surface area contributed by atoms with E-state index in [2.05, 4.69) is 4.72 Å². The Bertz CT molecular complexity index is 1180. The van der Waals surface area contributed by atoms with E-state index in [0.29, 0.717) is 12.1 Å². The molecule has 8 heteroatoms. The van der Waals surface area contributed by atoms with E-state index in [1.165, 1.54) is 36.4 Å². The van der Waals surface area contributed by atoms with Crippen LogP contribution < -0.4 is 4.72 Å². The van der Waals surface area contributed by atoms with Crippen molar-refractivity contribution in [3.63, 3.8) is 0 Å². The zero-order valence-electron chi connectivity index (χ0n) is 16.5. The van der Waals surface area contributed by atoms with Crippen LogP contribution in [-0.4, -0.2) is 25.8 Å². The Labute approximate surface area is 179 Å². The van der Waals surface area contributed by atoms with Gasteiger partial charge in [-0.25, -0.2) is 17.2 Å². The average molecular weight is 442 g/mol. The molecule has 3 aromatic carbocycles. The van der Waals surface area contributed by atoms with Crippen LogP contribution in [0.15, 0.2) is 77.7 Å². The van der Waals surface area contributed by atoms with Crippen molar-refractivity contribution in [2.24, 2.45) is 0 Å². The van der Waals surface area contributed by atoms with Crippen molar-refractivity contribution in [3.05, 3.63) is 95.6 Å². The Morgan fingerprint density at radius 2 is 1.45 bits per heavy atom. The van der Waals surface area contributed by atoms with Crippen LogP contribution in [0, 0.1) is 11.6 Å². The fourth-order valence-corrected chi connectivity index (χ4v) is 4.77. The van der Waals surface area contributed by atoms with Gasteiger partial charge in [-0.15, -0.1) is 0 Å². The molecule has 0 saturated carbocycles. The van der Waals surface area contributed by atoms with Gasteiger partial charge in [-0.05, 0) is 79.1 Å². The molecule has 1 unspecified atom stereocenters. The van der Waals surface area contributed by atoms with E-state index < -0.39 is 15.8 Å². The molecule has 1 saturated heterocycles. The number of nitrogens with zero attached hydrogens (tertiary/aromatic N) is 1. The molecule has 31 heavy (non-hydrogen) atoms. The first-order valence-electron chi connectivity index (χ1n) is 9.78. The van der Waals surface area contributed by atoms with Gasteiger partial charge in [0.1, 0.15) is 11.6 Å². The number of amides is 1. The maximum atomic E-state index is 13.2. The number of rotatable bonds is 5. The van der Waals surface area contributed by atoms with Crippen molar-refractivity contribution >= 4 is 21.6 Å². The summed E-state index contributed by atoms with van der Waals surface area (Å²) in [5, 5.41) is 0. The Balaban J connectivity index is 1.49. The number of sulfonamides is 1. The van der Waals surface area contributed by atoms with Gasteiger partial charge in [0.25, 0.3) is 15.9 Å². The molecular formula is C23H20F2N2O3S. The summed E-state index contributed by atoms with van der Waals surface area (Å²) in [6, 6.07) is 16.7. The summed E-state index contributed by atoms with van der Waals surface area (Å²) in [4.78, 5) is 14.7. The average Bonchev–Trinajstić information content (AvgIpc) is 3.24. The number of carbonyl (C=O) groups is 1. The van der Waals surface area contributed by atoms with Crippen LogP contribution in [0.1, 0.15) is 34.8 Å². The molecule has 0 spiro atoms. The van der Waals surface area contributed by atoms with Crippen LogP contribution in [0.5, 0.6) is 0 Å². The van der Waals surface area contributed by atoms with E-state index in [0.717, 1.165) is 30.5 Å². The van der Waals surface area contributed by atoms with Gasteiger partial charge in [0, 0.05) is 17.8 Å². The third kappa shape index (κ3) is 4.59. The van der Waals surface area contributed by atoms with Crippen molar-refractivity contribution in [3.8, 4) is 0 Å². The van der Waals surface area contributed by atoms with Crippen LogP contribution in [0.2, 0.25) is 0 Å². The number of halogens is 2. The summed E-state index contributed by atoms with van der Waals surface area (Å²) in [6.45, 7) is 0.597. The van der Waals surface area contributed by atoms with E-state index in [9.17, 15) is 22.0 Å². The number of nitrogens with one attached hydrogen (secondary N) is 1. The summed E-state index contributed by atoms with van der Waals surface area (Å²) in [5.74, 6) is -1.01. The van der Waals surface area contributed by atoms with Crippen LogP contribution in [0.3, 0.4) is 0 Å². The minimum atomic E-state index is -3.87. The monoisotopic (exact) mass is 442 g/mol. The van der Waals surface area contributed by atoms with Gasteiger partial charge >= 0.3 is 0 Å². The number of carbonyl (C=O) groups excluding carboxylic acids is 1. The zero-order chi connectivity index (χ0) is 22.0. The highest BCUT2D eigenvalue weighted by atomic mass is 32.2. The molecule has 1 aliphatic rings. The van der Waals surface area contributed by atoms with Gasteiger partial charge < -0.3 is 4.90 Å². The van der Waals surface area contributed by atoms with Gasteiger partial charge in [-0.1, -0.05) is 12.1 Å². The van der Waals surface area contributed by atoms with E-state index in [4.69, 9.17) is 0 Å². The lowest BCUT2D eigenvalue weighted by Gasteiger charge is -2.25. The van der Waals surface area contributed by atoms with E-state index in [1.807, 2.05) is 0 Å². The smallest absolute Gasteiger partial charge is 0.261 e. The number of hydrogen-bond acceptors (Lipinski definition) is 3. The van der Waals surface area contributed by atoms with Crippen molar-refractivity contribution in [1.82, 2.24) is 4.90 Å². The number of benzene rings is 3. The Morgan fingerprint density at radius 3 is 2.06 bits per heavy atom. The first-order valence-corrected chi connectivity index (χ1v) is 11.3. The Kier molecular flexibility index (Phi) is 5.73. The fraction of sp³-hybridized carbons (Fsp3) is 0.174. The number of hydrogen-bond donors (Lipinski definition) is 1. The molecule has 0 radical (unpaired) electrons. The second-order valence-electron chi connectivity index (χ2n) is 7.34. The topological polar surface area (TPSA) is 66.5 Å². The predicted molar refractivity (Wildman–Crippen MR) is 113 cm³/mol. The summed E-state index contributed by atoms with van der Waals surface area (Å²) in [6.07, 6.45) is 1.65. The second kappa shape index (κ2) is 8.47. The van der Waals surface area contributed by atoms with Gasteiger partial charge in [0.2, 0.25) is 0 Å². The Hall–Kier alpha value is -3.26. The molecule has 1 N–H and O–H groups in total. The van der Waals surface area contributed by atoms with Crippen LogP contribution in [0.4, 0.5) is 14.5 Å². The molecule has 1 amide bonds. The molecular weight excluding hydrogens is 422 g/mol. The lowest BCUT2D eigenvalue weighted by molar-refractivity contribution is 0.0735. The zero-order valence-corrected chi connectivity index (χ0v) is 17.3. The molecule has 4 rings (SSSR count). The summed E-state index contributed by atoms with van der Waals surface area (Å²) < 4.78 is 53.5. The minimum absolute atomic E-state index is 0.0618. The molecule has 1 heterocycles. The van der Waals surface area contributed by atoms with Crippen LogP contribution in [0.25, 0.3) is 0 Å². The normalized spacial score (nSPS) is 16.3. The third-order valence-electron chi connectivity index (χ3n) is 5.28. The maximum Gasteiger partial charge on any atom is 0.261 e. The van der Waals surface area contributed by atoms with Gasteiger partial charge in [0.15, 0.2) is 0 Å². The summed E-state index contributed by atoms with van der Waals surface area (Å²) >= 11 is 0. The molecule has 0 bridgehead atoms. The summed E-state index contributed by atoms with van der Waals surface area (Å²) in [5.41, 5.74) is 1.60. The van der Waals surface area contributed by atoms with Crippen LogP contribution in [-0.2, 0) is 10.0 Å². The molecule has 1 atom stereocenters. The number of likely N-dealkylation sites (tertiary alicyclic amines) is 1. The van der Waals surface area contributed by atoms with Crippen LogP contribution >= 0.6 is 0 Å². The van der Waals surface area contributed by atoms with Gasteiger partial charge in [-0.3, -0.25) is 9.52 Å². The lowest BCUT2D eigenvalue weighted by Crippen LogP contribution is -2.30. The van der Waals surface area contributed by atoms with Crippen molar-refractivity contribution in [2.45, 2.75) is 23.8 Å². The third-order valence-corrected chi connectivity index (χ3v) is 6.67. The van der Waals surface area contributed by atoms with E-state index in [-0.39, 0.29) is 28.3 Å². The van der Waals surface area contributed by atoms with Gasteiger partial charge in [0.05, 0.1) is 10.9 Å². The molecule has 160 valence electrons. The Morgan fingerprint density at radius 1 is 0.871 bits per heavy atom. The van der Waals surface area contributed by atoms with Crippen molar-refractivity contribution in [2.75, 3.05) is 11.3 Å². The highest BCUT2D eigenvalue weighted by Gasteiger charge is 2.30. The quantitative estimate of drug-likeness (QED) is 0.621. The highest BCUT2D eigenvalue weighted by molar-refractivity contribution is 7.92. The SMILES string of the molecule is O=C(c1ccc(NS(=O)(=O)c2ccc(F)cc2)cc1)N1CCCC1c1ccc(F)cc1. The number of anilines is 1. The highest BCUT2D eigenvalue weighted by Crippen LogP contribution is 2.33. The molecule has 5 nitrogen and oxygen atoms in total. The molecule has 0 aromatic heterocycles. The first kappa shape index (κ1) is 21.0. The molecule has 1 aliphatic heterocycles. The van der Waals surface area contributed by atoms with Gasteiger partial charge in [-0.2, -0.15) is 0 Å². The minimum Gasteiger partial charge on any atom is -0.332 e. The fourth-order valence-electron chi connectivity index (χ4n) is 3.72. The largest absolute Gasteiger partial charge is 0.332 e. The van der Waals surface area contributed by atoms with Crippen molar-refractivity contribution in [1.29, 1.82) is 0 Å². The maximum absolute atomic E-state index is 13.2. The standard InChI is InChI=1S/C23H20F2N2O3S/c24-18-7-3-16(4-8-18)22-2-1-15-27(22)23(28)17-5-11-20(12-6-17)26-31(29,30)21-13-9-19(25)10-14-21/h3-14,22,26H,1-2,15H2. The predicted octanol–water partition coefficient (Wildman–Crippen LogP) is 4.74. The molecule has 1 fully saturated rings. The summed E-state index contributed by atoms with van der Waals surface area (Å²) in [7, 11) is -3.87.